The molecule has 0 bridgehead atoms. The Kier molecular flexibility index (Phi) is 5.13. The molecule has 0 spiro atoms. The van der Waals surface area contributed by atoms with Crippen LogP contribution in [0.2, 0.25) is 0 Å². The molecule has 0 radical (unpaired) electrons. The van der Waals surface area contributed by atoms with E-state index in [1.165, 1.54) is 12.1 Å². The molecule has 0 aliphatic heterocycles. The van der Waals surface area contributed by atoms with Crippen molar-refractivity contribution >= 4 is 22.6 Å². The van der Waals surface area contributed by atoms with E-state index in [-0.39, 0.29) is 11.7 Å². The first-order valence-electron chi connectivity index (χ1n) is 10.1. The number of carbonyl (C=O) groups excluding carboxylic acids is 1. The number of halogens is 1. The lowest BCUT2D eigenvalue weighted by molar-refractivity contribution is 0.102. The summed E-state index contributed by atoms with van der Waals surface area (Å²) in [7, 11) is 0. The van der Waals surface area contributed by atoms with Crippen LogP contribution < -0.4 is 5.32 Å². The van der Waals surface area contributed by atoms with Crippen LogP contribution in [0, 0.1) is 5.82 Å². The first-order valence-corrected chi connectivity index (χ1v) is 10.1. The molecule has 0 aliphatic rings. The van der Waals surface area contributed by atoms with Gasteiger partial charge < -0.3 is 5.32 Å². The number of anilines is 1. The monoisotopic (exact) mass is 423 g/mol. The maximum absolute atomic E-state index is 13.7. The summed E-state index contributed by atoms with van der Waals surface area (Å²) in [5.74, 6) is -0.596. The van der Waals surface area contributed by atoms with Crippen LogP contribution in [0.1, 0.15) is 15.9 Å². The molecule has 3 heterocycles. The van der Waals surface area contributed by atoms with Gasteiger partial charge in [-0.2, -0.15) is 5.10 Å². The average Bonchev–Trinajstić information content (AvgIpc) is 3.22. The molecule has 1 amide bonds. The zero-order chi connectivity index (χ0) is 21.9. The van der Waals surface area contributed by atoms with Crippen LogP contribution in [-0.2, 0) is 6.54 Å². The van der Waals surface area contributed by atoms with Crippen LogP contribution in [0.3, 0.4) is 0 Å². The van der Waals surface area contributed by atoms with Crippen LogP contribution in [0.25, 0.3) is 22.3 Å². The number of amides is 1. The van der Waals surface area contributed by atoms with Gasteiger partial charge in [-0.3, -0.25) is 9.78 Å². The summed E-state index contributed by atoms with van der Waals surface area (Å²) in [5, 5.41) is 7.94. The van der Waals surface area contributed by atoms with Crippen molar-refractivity contribution < 1.29 is 9.18 Å². The summed E-state index contributed by atoms with van der Waals surface area (Å²) in [6.07, 6.45) is 4.85. The molecule has 7 heteroatoms. The van der Waals surface area contributed by atoms with Gasteiger partial charge in [0.1, 0.15) is 5.82 Å². The Morgan fingerprint density at radius 3 is 2.62 bits per heavy atom. The van der Waals surface area contributed by atoms with Gasteiger partial charge in [0, 0.05) is 11.8 Å². The molecule has 0 fully saturated rings. The molecule has 3 aromatic heterocycles. The predicted octanol–water partition coefficient (Wildman–Crippen LogP) is 4.93. The smallest absolute Gasteiger partial charge is 0.256 e. The van der Waals surface area contributed by atoms with Gasteiger partial charge in [0.25, 0.3) is 5.91 Å². The highest BCUT2D eigenvalue weighted by molar-refractivity contribution is 6.12. The van der Waals surface area contributed by atoms with Crippen molar-refractivity contribution in [3.63, 3.8) is 0 Å². The molecular formula is C25H18FN5O. The molecule has 0 atom stereocenters. The van der Waals surface area contributed by atoms with Crippen molar-refractivity contribution in [1.82, 2.24) is 19.7 Å². The molecule has 32 heavy (non-hydrogen) atoms. The minimum Gasteiger partial charge on any atom is -0.321 e. The highest BCUT2D eigenvalue weighted by atomic mass is 19.1. The number of hydrogen-bond acceptors (Lipinski definition) is 4. The van der Waals surface area contributed by atoms with E-state index in [0.29, 0.717) is 34.5 Å². The maximum atomic E-state index is 13.7. The van der Waals surface area contributed by atoms with Crippen molar-refractivity contribution in [2.45, 2.75) is 6.54 Å². The Morgan fingerprint density at radius 1 is 0.969 bits per heavy atom. The van der Waals surface area contributed by atoms with E-state index in [0.717, 1.165) is 11.1 Å². The maximum Gasteiger partial charge on any atom is 0.256 e. The molecule has 5 aromatic rings. The fourth-order valence-electron chi connectivity index (χ4n) is 3.55. The summed E-state index contributed by atoms with van der Waals surface area (Å²) in [5.41, 5.74) is 3.87. The summed E-state index contributed by atoms with van der Waals surface area (Å²) in [6, 6.07) is 21.3. The van der Waals surface area contributed by atoms with Gasteiger partial charge in [-0.25, -0.2) is 14.1 Å². The largest absolute Gasteiger partial charge is 0.321 e. The molecule has 5 rings (SSSR count). The lowest BCUT2D eigenvalue weighted by Gasteiger charge is -2.10. The Labute approximate surface area is 183 Å². The number of aromatic nitrogens is 4. The van der Waals surface area contributed by atoms with E-state index in [1.807, 2.05) is 36.4 Å². The zero-order valence-electron chi connectivity index (χ0n) is 16.9. The average molecular weight is 423 g/mol. The Morgan fingerprint density at radius 2 is 1.84 bits per heavy atom. The number of rotatable bonds is 5. The molecule has 0 saturated carbocycles. The van der Waals surface area contributed by atoms with E-state index in [9.17, 15) is 9.18 Å². The van der Waals surface area contributed by atoms with Gasteiger partial charge in [-0.15, -0.1) is 0 Å². The normalized spacial score (nSPS) is 10.9. The summed E-state index contributed by atoms with van der Waals surface area (Å²) < 4.78 is 15.3. The number of benzene rings is 2. The lowest BCUT2D eigenvalue weighted by Crippen LogP contribution is -2.13. The lowest BCUT2D eigenvalue weighted by atomic mass is 10.1. The van der Waals surface area contributed by atoms with Crippen LogP contribution in [0.15, 0.2) is 91.4 Å². The highest BCUT2D eigenvalue weighted by Gasteiger charge is 2.18. The number of nitrogens with one attached hydrogen (secondary N) is 1. The first kappa shape index (κ1) is 19.6. The van der Waals surface area contributed by atoms with E-state index < -0.39 is 0 Å². The van der Waals surface area contributed by atoms with Crippen LogP contribution in [-0.4, -0.2) is 25.7 Å². The topological polar surface area (TPSA) is 72.7 Å². The molecule has 0 saturated heterocycles. The number of nitrogens with zero attached hydrogens (tertiary/aromatic N) is 4. The number of fused-ring (bicyclic) bond motifs is 1. The highest BCUT2D eigenvalue weighted by Crippen LogP contribution is 2.26. The van der Waals surface area contributed by atoms with Gasteiger partial charge in [-0.1, -0.05) is 42.5 Å². The molecule has 2 aromatic carbocycles. The Bertz CT molecular complexity index is 1400. The summed E-state index contributed by atoms with van der Waals surface area (Å²) in [6.45, 7) is 0.330. The third-order valence-corrected chi connectivity index (χ3v) is 5.06. The van der Waals surface area contributed by atoms with E-state index in [4.69, 9.17) is 4.98 Å². The Balaban J connectivity index is 1.62. The van der Waals surface area contributed by atoms with Crippen LogP contribution >= 0.6 is 0 Å². The molecule has 0 unspecified atom stereocenters. The molecule has 156 valence electrons. The van der Waals surface area contributed by atoms with E-state index in [1.54, 1.807) is 47.5 Å². The second-order valence-corrected chi connectivity index (χ2v) is 7.29. The fourth-order valence-corrected chi connectivity index (χ4v) is 3.55. The summed E-state index contributed by atoms with van der Waals surface area (Å²) in [4.78, 5) is 22.0. The van der Waals surface area contributed by atoms with Gasteiger partial charge in [0.15, 0.2) is 5.65 Å². The van der Waals surface area contributed by atoms with Crippen molar-refractivity contribution in [2.75, 3.05) is 5.32 Å². The number of carbonyl (C=O) groups is 1. The predicted molar refractivity (Wildman–Crippen MR) is 121 cm³/mol. The SMILES string of the molecule is O=C(Nc1cccnc1)c1cc(-c2ccccc2)nc2c1cnn2Cc1cccc(F)c1. The van der Waals surface area contributed by atoms with Gasteiger partial charge in [0.05, 0.1) is 41.3 Å². The van der Waals surface area contributed by atoms with Gasteiger partial charge in [0.2, 0.25) is 0 Å². The third-order valence-electron chi connectivity index (χ3n) is 5.06. The standard InChI is InChI=1S/C25H18FN5O/c26-19-9-4-6-17(12-19)16-31-24-22(15-28-31)21(25(32)29-20-10-5-11-27-14-20)13-23(30-24)18-7-2-1-3-8-18/h1-15H,16H2,(H,29,32). The minimum atomic E-state index is -0.312. The second kappa shape index (κ2) is 8.39. The third kappa shape index (κ3) is 3.96. The van der Waals surface area contributed by atoms with Crippen molar-refractivity contribution in [1.29, 1.82) is 0 Å². The van der Waals surface area contributed by atoms with Crippen LogP contribution in [0.5, 0.6) is 0 Å². The molecule has 1 N–H and O–H groups in total. The van der Waals surface area contributed by atoms with Crippen molar-refractivity contribution in [3.8, 4) is 11.3 Å². The van der Waals surface area contributed by atoms with Crippen molar-refractivity contribution in [2.24, 2.45) is 0 Å². The number of hydrogen-bond donors (Lipinski definition) is 1. The van der Waals surface area contributed by atoms with Gasteiger partial charge in [-0.05, 0) is 35.9 Å². The zero-order valence-corrected chi connectivity index (χ0v) is 16.9. The van der Waals surface area contributed by atoms with Gasteiger partial charge >= 0.3 is 0 Å². The summed E-state index contributed by atoms with van der Waals surface area (Å²) >= 11 is 0. The van der Waals surface area contributed by atoms with E-state index in [2.05, 4.69) is 15.4 Å². The van der Waals surface area contributed by atoms with E-state index >= 15 is 0 Å². The van der Waals surface area contributed by atoms with Crippen molar-refractivity contribution in [3.05, 3.63) is 108 Å². The number of pyridine rings is 2. The van der Waals surface area contributed by atoms with Crippen LogP contribution in [0.4, 0.5) is 10.1 Å². The quantitative estimate of drug-likeness (QED) is 0.435. The fraction of sp³-hybridized carbons (Fsp3) is 0.0400. The second-order valence-electron chi connectivity index (χ2n) is 7.29. The molecular weight excluding hydrogens is 405 g/mol. The molecule has 6 nitrogen and oxygen atoms in total. The molecule has 0 aliphatic carbocycles. The Hall–Kier alpha value is -4.39. The minimum absolute atomic E-state index is 0.284. The first-order chi connectivity index (χ1) is 15.7.